The molecule has 5 heteroatoms. The van der Waals surface area contributed by atoms with Crippen molar-refractivity contribution in [1.29, 1.82) is 0 Å². The van der Waals surface area contributed by atoms with E-state index in [1.54, 1.807) is 45.2 Å². The van der Waals surface area contributed by atoms with Crippen molar-refractivity contribution in [2.45, 2.75) is 32.8 Å². The number of carbonyl (C=O) groups excluding carboxylic acids is 1. The Morgan fingerprint density at radius 2 is 1.65 bits per heavy atom. The van der Waals surface area contributed by atoms with Gasteiger partial charge in [-0.3, -0.25) is 4.79 Å². The van der Waals surface area contributed by atoms with E-state index in [1.165, 1.54) is 5.56 Å². The molecule has 0 spiro atoms. The van der Waals surface area contributed by atoms with Crippen LogP contribution in [0.4, 0.5) is 5.69 Å². The van der Waals surface area contributed by atoms with Crippen LogP contribution in [0.3, 0.4) is 0 Å². The van der Waals surface area contributed by atoms with Crippen LogP contribution in [0.2, 0.25) is 0 Å². The van der Waals surface area contributed by atoms with E-state index in [2.05, 4.69) is 19.9 Å². The highest BCUT2D eigenvalue weighted by atomic mass is 16.5. The number of nitrogens with zero attached hydrogens (tertiary/aromatic N) is 1. The molecule has 0 heterocycles. The second-order valence-corrected chi connectivity index (χ2v) is 6.42. The van der Waals surface area contributed by atoms with Crippen molar-refractivity contribution in [3.05, 3.63) is 48.0 Å². The van der Waals surface area contributed by atoms with E-state index in [9.17, 15) is 4.79 Å². The molecule has 0 aliphatic carbocycles. The van der Waals surface area contributed by atoms with Crippen LogP contribution in [0.15, 0.2) is 42.5 Å². The lowest BCUT2D eigenvalue weighted by Gasteiger charge is -2.23. The van der Waals surface area contributed by atoms with Crippen LogP contribution in [0.1, 0.15) is 32.3 Å². The Labute approximate surface area is 155 Å². The van der Waals surface area contributed by atoms with Crippen LogP contribution >= 0.6 is 0 Å². The molecule has 2 aromatic carbocycles. The van der Waals surface area contributed by atoms with Crippen molar-refractivity contribution < 1.29 is 19.0 Å². The Morgan fingerprint density at radius 1 is 0.962 bits per heavy atom. The standard InChI is InChI=1S/C21H27NO4/c1-14(2)16-8-7-9-18(12-16)26-15(3)21(23)22(4)17-10-11-19(24-5)20(13-17)25-6/h7-15H,1-6H3. The Hall–Kier alpha value is -2.69. The van der Waals surface area contributed by atoms with Gasteiger partial charge in [-0.05, 0) is 42.7 Å². The van der Waals surface area contributed by atoms with Gasteiger partial charge in [0.05, 0.1) is 14.2 Å². The van der Waals surface area contributed by atoms with Gasteiger partial charge >= 0.3 is 0 Å². The van der Waals surface area contributed by atoms with Gasteiger partial charge in [0.2, 0.25) is 0 Å². The zero-order valence-corrected chi connectivity index (χ0v) is 16.3. The van der Waals surface area contributed by atoms with Gasteiger partial charge in [-0.25, -0.2) is 0 Å². The molecule has 1 atom stereocenters. The molecule has 0 N–H and O–H groups in total. The largest absolute Gasteiger partial charge is 0.493 e. The van der Waals surface area contributed by atoms with Crippen molar-refractivity contribution in [1.82, 2.24) is 0 Å². The zero-order valence-electron chi connectivity index (χ0n) is 16.3. The molecule has 2 aromatic rings. The van der Waals surface area contributed by atoms with E-state index >= 15 is 0 Å². The summed E-state index contributed by atoms with van der Waals surface area (Å²) in [5.74, 6) is 2.14. The van der Waals surface area contributed by atoms with E-state index in [0.717, 1.165) is 0 Å². The topological polar surface area (TPSA) is 48.0 Å². The number of anilines is 1. The molecular weight excluding hydrogens is 330 g/mol. The van der Waals surface area contributed by atoms with E-state index < -0.39 is 6.10 Å². The number of amides is 1. The lowest BCUT2D eigenvalue weighted by atomic mass is 10.0. The molecule has 26 heavy (non-hydrogen) atoms. The molecule has 0 bridgehead atoms. The van der Waals surface area contributed by atoms with Crippen molar-refractivity contribution >= 4 is 11.6 Å². The predicted molar refractivity (Wildman–Crippen MR) is 104 cm³/mol. The van der Waals surface area contributed by atoms with Crippen LogP contribution in [-0.2, 0) is 4.79 Å². The second-order valence-electron chi connectivity index (χ2n) is 6.42. The normalized spacial score (nSPS) is 11.8. The fourth-order valence-corrected chi connectivity index (χ4v) is 2.63. The first-order chi connectivity index (χ1) is 12.4. The van der Waals surface area contributed by atoms with Gasteiger partial charge in [-0.15, -0.1) is 0 Å². The maximum absolute atomic E-state index is 12.7. The number of benzene rings is 2. The van der Waals surface area contributed by atoms with Crippen LogP contribution in [-0.4, -0.2) is 33.3 Å². The summed E-state index contributed by atoms with van der Waals surface area (Å²) in [6.07, 6.45) is -0.615. The molecule has 0 aromatic heterocycles. The van der Waals surface area contributed by atoms with Gasteiger partial charge in [0.1, 0.15) is 5.75 Å². The molecule has 2 rings (SSSR count). The molecule has 0 saturated heterocycles. The van der Waals surface area contributed by atoms with Crippen LogP contribution in [0.5, 0.6) is 17.2 Å². The molecule has 0 aliphatic heterocycles. The third-order valence-electron chi connectivity index (χ3n) is 4.27. The number of methoxy groups -OCH3 is 2. The first kappa shape index (κ1) is 19.6. The molecule has 0 radical (unpaired) electrons. The lowest BCUT2D eigenvalue weighted by Crippen LogP contribution is -2.38. The van der Waals surface area contributed by atoms with Gasteiger partial charge in [0.25, 0.3) is 5.91 Å². The smallest absolute Gasteiger partial charge is 0.267 e. The third-order valence-corrected chi connectivity index (χ3v) is 4.27. The minimum Gasteiger partial charge on any atom is -0.493 e. The summed E-state index contributed by atoms with van der Waals surface area (Å²) < 4.78 is 16.4. The summed E-state index contributed by atoms with van der Waals surface area (Å²) >= 11 is 0. The summed E-state index contributed by atoms with van der Waals surface area (Å²) in [4.78, 5) is 14.3. The number of rotatable bonds is 7. The van der Waals surface area contributed by atoms with Crippen molar-refractivity contribution in [3.63, 3.8) is 0 Å². The SMILES string of the molecule is COc1ccc(N(C)C(=O)C(C)Oc2cccc(C(C)C)c2)cc1OC. The van der Waals surface area contributed by atoms with Crippen LogP contribution < -0.4 is 19.1 Å². The highest BCUT2D eigenvalue weighted by molar-refractivity contribution is 5.96. The zero-order chi connectivity index (χ0) is 19.3. The first-order valence-corrected chi connectivity index (χ1v) is 8.63. The fourth-order valence-electron chi connectivity index (χ4n) is 2.63. The van der Waals surface area contributed by atoms with Gasteiger partial charge < -0.3 is 19.1 Å². The van der Waals surface area contributed by atoms with Gasteiger partial charge in [0.15, 0.2) is 17.6 Å². The van der Waals surface area contributed by atoms with Crippen molar-refractivity contribution in [2.24, 2.45) is 0 Å². The second kappa shape index (κ2) is 8.61. The molecule has 0 fully saturated rings. The number of carbonyl (C=O) groups is 1. The average molecular weight is 357 g/mol. The monoisotopic (exact) mass is 357 g/mol. The van der Waals surface area contributed by atoms with E-state index in [-0.39, 0.29) is 5.91 Å². The minimum atomic E-state index is -0.615. The number of hydrogen-bond acceptors (Lipinski definition) is 4. The number of hydrogen-bond donors (Lipinski definition) is 0. The molecule has 0 saturated carbocycles. The molecule has 1 unspecified atom stereocenters. The Bertz CT molecular complexity index is 757. The van der Waals surface area contributed by atoms with Crippen molar-refractivity contribution in [2.75, 3.05) is 26.2 Å². The van der Waals surface area contributed by atoms with Crippen LogP contribution in [0.25, 0.3) is 0 Å². The summed E-state index contributed by atoms with van der Waals surface area (Å²) in [5, 5.41) is 0. The summed E-state index contributed by atoms with van der Waals surface area (Å²) in [7, 11) is 4.86. The molecule has 5 nitrogen and oxygen atoms in total. The molecule has 1 amide bonds. The quantitative estimate of drug-likeness (QED) is 0.743. The van der Waals surface area contributed by atoms with Gasteiger partial charge in [-0.2, -0.15) is 0 Å². The Morgan fingerprint density at radius 3 is 2.27 bits per heavy atom. The van der Waals surface area contributed by atoms with E-state index in [0.29, 0.717) is 28.9 Å². The number of ether oxygens (including phenoxy) is 3. The van der Waals surface area contributed by atoms with Crippen LogP contribution in [0, 0.1) is 0 Å². The molecular formula is C21H27NO4. The third kappa shape index (κ3) is 4.48. The minimum absolute atomic E-state index is 0.146. The van der Waals surface area contributed by atoms with Gasteiger partial charge in [0, 0.05) is 18.8 Å². The summed E-state index contributed by atoms with van der Waals surface area (Å²) in [6, 6.07) is 13.2. The lowest BCUT2D eigenvalue weighted by molar-refractivity contribution is -0.124. The Balaban J connectivity index is 2.13. The Kier molecular flexibility index (Phi) is 6.50. The van der Waals surface area contributed by atoms with E-state index in [1.807, 2.05) is 24.3 Å². The predicted octanol–water partition coefficient (Wildman–Crippen LogP) is 4.26. The highest BCUT2D eigenvalue weighted by Crippen LogP contribution is 2.31. The first-order valence-electron chi connectivity index (χ1n) is 8.63. The van der Waals surface area contributed by atoms with E-state index in [4.69, 9.17) is 14.2 Å². The molecule has 0 aliphatic rings. The molecule has 140 valence electrons. The highest BCUT2D eigenvalue weighted by Gasteiger charge is 2.21. The summed E-state index contributed by atoms with van der Waals surface area (Å²) in [5.41, 5.74) is 1.88. The maximum atomic E-state index is 12.7. The maximum Gasteiger partial charge on any atom is 0.267 e. The van der Waals surface area contributed by atoms with Crippen molar-refractivity contribution in [3.8, 4) is 17.2 Å². The summed E-state index contributed by atoms with van der Waals surface area (Å²) in [6.45, 7) is 6.00. The van der Waals surface area contributed by atoms with Gasteiger partial charge in [-0.1, -0.05) is 26.0 Å². The average Bonchev–Trinajstić information content (AvgIpc) is 2.66. The fraction of sp³-hybridized carbons (Fsp3) is 0.381. The number of likely N-dealkylation sites (N-methyl/N-ethyl adjacent to an activating group) is 1.